The Morgan fingerprint density at radius 1 is 0.872 bits per heavy atom. The first-order chi connectivity index (χ1) is 18.3. The van der Waals surface area contributed by atoms with Crippen LogP contribution >= 0.6 is 23.5 Å². The number of thioether (sulfide) groups is 2. The van der Waals surface area contributed by atoms with E-state index in [9.17, 15) is 42.7 Å². The molecule has 0 radical (unpaired) electrons. The highest BCUT2D eigenvalue weighted by Crippen LogP contribution is 2.31. The van der Waals surface area contributed by atoms with Gasteiger partial charge in [0.2, 0.25) is 22.0 Å². The van der Waals surface area contributed by atoms with Crippen molar-refractivity contribution >= 4 is 57.5 Å². The van der Waals surface area contributed by atoms with Crippen molar-refractivity contribution in [3.05, 3.63) is 53.6 Å². The fourth-order valence-electron chi connectivity index (χ4n) is 3.16. The molecule has 2 aromatic carbocycles. The molecule has 0 saturated carbocycles. The average Bonchev–Trinajstić information content (AvgIpc) is 2.83. The van der Waals surface area contributed by atoms with Gasteiger partial charge in [0, 0.05) is 43.9 Å². The van der Waals surface area contributed by atoms with Crippen LogP contribution in [0.15, 0.2) is 36.4 Å². The predicted molar refractivity (Wildman–Crippen MR) is 140 cm³/mol. The van der Waals surface area contributed by atoms with Crippen LogP contribution in [0.4, 0.5) is 8.78 Å². The van der Waals surface area contributed by atoms with E-state index in [1.54, 1.807) is 0 Å². The zero-order chi connectivity index (χ0) is 29.3. The van der Waals surface area contributed by atoms with Crippen LogP contribution in [0, 0.1) is 11.6 Å². The molecular weight excluding hydrogens is 558 g/mol. The molecule has 0 aliphatic carbocycles. The number of amides is 2. The molecule has 0 bridgehead atoms. The minimum atomic E-state index is -1.36. The normalized spacial score (nSPS) is 12.1. The number of carbonyl (C=O) groups is 6. The summed E-state index contributed by atoms with van der Waals surface area (Å²) in [5.74, 6) is -5.71. The van der Waals surface area contributed by atoms with E-state index in [0.29, 0.717) is 29.6 Å². The fourth-order valence-corrected chi connectivity index (χ4v) is 5.03. The van der Waals surface area contributed by atoms with Crippen molar-refractivity contribution in [2.75, 3.05) is 11.5 Å². The maximum Gasteiger partial charge on any atom is 0.327 e. The molecule has 208 valence electrons. The highest BCUT2D eigenvalue weighted by molar-refractivity contribution is 8.15. The summed E-state index contributed by atoms with van der Waals surface area (Å²) in [6.45, 7) is 3.38. The zero-order valence-electron chi connectivity index (χ0n) is 20.9. The first kappa shape index (κ1) is 31.4. The van der Waals surface area contributed by atoms with Gasteiger partial charge in [-0.3, -0.25) is 24.0 Å². The highest BCUT2D eigenvalue weighted by Gasteiger charge is 2.27. The lowest BCUT2D eigenvalue weighted by molar-refractivity contribution is -0.140. The summed E-state index contributed by atoms with van der Waals surface area (Å²) >= 11 is 1.14. The summed E-state index contributed by atoms with van der Waals surface area (Å²) in [7, 11) is 0. The van der Waals surface area contributed by atoms with Crippen LogP contribution in [0.3, 0.4) is 0 Å². The average molecular weight is 583 g/mol. The van der Waals surface area contributed by atoms with E-state index in [1.165, 1.54) is 24.3 Å². The van der Waals surface area contributed by atoms with Gasteiger partial charge in [0.1, 0.15) is 29.5 Å². The van der Waals surface area contributed by atoms with Crippen molar-refractivity contribution in [3.8, 4) is 16.9 Å². The quantitative estimate of drug-likeness (QED) is 0.266. The van der Waals surface area contributed by atoms with Crippen LogP contribution in [0.5, 0.6) is 5.75 Å². The number of benzene rings is 2. The molecule has 2 atom stereocenters. The van der Waals surface area contributed by atoms with E-state index in [-0.39, 0.29) is 33.9 Å². The number of carbonyl (C=O) groups excluding carboxylic acids is 5. The smallest absolute Gasteiger partial charge is 0.327 e. The van der Waals surface area contributed by atoms with Gasteiger partial charge in [-0.15, -0.1) is 0 Å². The molecule has 39 heavy (non-hydrogen) atoms. The third-order valence-corrected chi connectivity index (χ3v) is 6.86. The number of aliphatic carboxylic acids is 1. The van der Waals surface area contributed by atoms with Gasteiger partial charge in [-0.2, -0.15) is 0 Å². The number of carboxylic acids is 1. The second-order valence-electron chi connectivity index (χ2n) is 8.00. The van der Waals surface area contributed by atoms with Crippen molar-refractivity contribution in [2.45, 2.75) is 32.9 Å². The van der Waals surface area contributed by atoms with E-state index in [0.717, 1.165) is 26.8 Å². The molecule has 0 aromatic heterocycles. The van der Waals surface area contributed by atoms with Crippen LogP contribution in [-0.4, -0.2) is 62.7 Å². The van der Waals surface area contributed by atoms with Crippen LogP contribution < -0.4 is 15.4 Å². The van der Waals surface area contributed by atoms with E-state index < -0.39 is 57.7 Å². The number of nitrogens with one attached hydrogen (secondary N) is 2. The Hall–Kier alpha value is -3.78. The summed E-state index contributed by atoms with van der Waals surface area (Å²) in [5, 5.41) is 12.4. The molecular formula is C25H24F2N2O8S2. The Morgan fingerprint density at radius 3 is 2.05 bits per heavy atom. The molecule has 10 nitrogen and oxygen atoms in total. The number of esters is 1. The lowest BCUT2D eigenvalue weighted by Crippen LogP contribution is -2.44. The first-order valence-corrected chi connectivity index (χ1v) is 13.1. The molecule has 3 N–H and O–H groups in total. The first-order valence-electron chi connectivity index (χ1n) is 11.2. The predicted octanol–water partition coefficient (Wildman–Crippen LogP) is 2.78. The fraction of sp³-hybridized carbons (Fsp3) is 0.280. The maximum absolute atomic E-state index is 14.3. The Labute approximate surface area is 230 Å². The van der Waals surface area contributed by atoms with Gasteiger partial charge in [-0.05, 0) is 29.8 Å². The molecule has 0 heterocycles. The summed E-state index contributed by atoms with van der Waals surface area (Å²) < 4.78 is 32.8. The molecule has 0 unspecified atom stereocenters. The summed E-state index contributed by atoms with van der Waals surface area (Å²) in [6, 6.07) is 4.22. The Kier molecular flexibility index (Phi) is 11.6. The number of hydrogen-bond acceptors (Lipinski definition) is 9. The highest BCUT2D eigenvalue weighted by atomic mass is 32.2. The van der Waals surface area contributed by atoms with Gasteiger partial charge in [0.15, 0.2) is 0 Å². The molecule has 0 saturated heterocycles. The Morgan fingerprint density at radius 2 is 1.49 bits per heavy atom. The van der Waals surface area contributed by atoms with Crippen LogP contribution in [-0.2, 0) is 24.0 Å². The molecule has 0 spiro atoms. The number of hydrogen-bond donors (Lipinski definition) is 3. The van der Waals surface area contributed by atoms with Crippen molar-refractivity contribution in [1.29, 1.82) is 0 Å². The van der Waals surface area contributed by atoms with E-state index in [2.05, 4.69) is 10.6 Å². The number of carboxylic acid groups (broad SMARTS) is 1. The maximum atomic E-state index is 14.3. The van der Waals surface area contributed by atoms with Gasteiger partial charge >= 0.3 is 11.9 Å². The van der Waals surface area contributed by atoms with Crippen molar-refractivity contribution in [2.24, 2.45) is 0 Å². The monoisotopic (exact) mass is 582 g/mol. The standard InChI is InChI=1S/C25H24F2N2O8S2/c1-12(30)28-20(23(33)34)10-39-25(36)21(29-13(2)31)11-38-24(35)18-8-15(4-7-22(18)37-14(3)32)17-6-5-16(26)9-19(17)27/h4-9,20-21H,10-11H2,1-3H3,(H,28,30)(H,29,31)(H,33,34)/t20-,21-/m1/s1. The largest absolute Gasteiger partial charge is 0.480 e. The van der Waals surface area contributed by atoms with E-state index in [1.807, 2.05) is 0 Å². The van der Waals surface area contributed by atoms with E-state index >= 15 is 0 Å². The summed E-state index contributed by atoms with van der Waals surface area (Å²) in [6.07, 6.45) is 0. The van der Waals surface area contributed by atoms with Gasteiger partial charge in [-0.1, -0.05) is 29.6 Å². The Balaban J connectivity index is 2.26. The molecule has 14 heteroatoms. The number of rotatable bonds is 11. The molecule has 2 amide bonds. The summed E-state index contributed by atoms with van der Waals surface area (Å²) in [4.78, 5) is 71.6. The SMILES string of the molecule is CC(=O)N[C@H](CSC(=O)[C@@H](CSC(=O)c1cc(-c2ccc(F)cc2F)ccc1OC(C)=O)NC(C)=O)C(=O)O. The van der Waals surface area contributed by atoms with Gasteiger partial charge in [0.25, 0.3) is 0 Å². The lowest BCUT2D eigenvalue weighted by Gasteiger charge is -2.18. The second kappa shape index (κ2) is 14.4. The molecule has 2 aromatic rings. The van der Waals surface area contributed by atoms with E-state index in [4.69, 9.17) is 4.74 Å². The third-order valence-electron chi connectivity index (χ3n) is 4.81. The second-order valence-corrected chi connectivity index (χ2v) is 10.0. The third kappa shape index (κ3) is 9.80. The zero-order valence-corrected chi connectivity index (χ0v) is 22.5. The number of ether oxygens (including phenoxy) is 1. The van der Waals surface area contributed by atoms with Gasteiger partial charge < -0.3 is 20.5 Å². The van der Waals surface area contributed by atoms with Crippen molar-refractivity contribution < 1.29 is 47.4 Å². The molecule has 0 aliphatic heterocycles. The molecule has 0 fully saturated rings. The minimum Gasteiger partial charge on any atom is -0.480 e. The van der Waals surface area contributed by atoms with Crippen molar-refractivity contribution in [1.82, 2.24) is 10.6 Å². The van der Waals surface area contributed by atoms with Crippen molar-refractivity contribution in [3.63, 3.8) is 0 Å². The van der Waals surface area contributed by atoms with Gasteiger partial charge in [0.05, 0.1) is 5.56 Å². The molecule has 2 rings (SSSR count). The van der Waals surface area contributed by atoms with Crippen LogP contribution in [0.25, 0.3) is 11.1 Å². The summed E-state index contributed by atoms with van der Waals surface area (Å²) in [5.41, 5.74) is 0.0319. The van der Waals surface area contributed by atoms with Crippen LogP contribution in [0.2, 0.25) is 0 Å². The van der Waals surface area contributed by atoms with Crippen LogP contribution in [0.1, 0.15) is 31.1 Å². The lowest BCUT2D eigenvalue weighted by atomic mass is 10.0. The topological polar surface area (TPSA) is 156 Å². The number of halogens is 2. The minimum absolute atomic E-state index is 0.0142. The molecule has 0 aliphatic rings. The van der Waals surface area contributed by atoms with Gasteiger partial charge in [-0.25, -0.2) is 13.6 Å². The Bertz CT molecular complexity index is 1300.